The average Bonchev–Trinajstić information content (AvgIpc) is 2.56. The predicted molar refractivity (Wildman–Crippen MR) is 56.1 cm³/mol. The molecule has 0 aromatic carbocycles. The molecule has 3 N–H and O–H groups in total. The Bertz CT molecular complexity index is 294. The summed E-state index contributed by atoms with van der Waals surface area (Å²) in [4.78, 5) is 0. The van der Waals surface area contributed by atoms with Gasteiger partial charge in [-0.3, -0.25) is 10.5 Å². The second-order valence-electron chi connectivity index (χ2n) is 2.99. The van der Waals surface area contributed by atoms with Gasteiger partial charge in [0.1, 0.15) is 6.04 Å². The first kappa shape index (κ1) is 12.4. The standard InChI is InChI=1S/C8H15ClN4O2/c1-13-7(5(9)4-11-13)6(12-10)8(14-2)15-3/h4,6,8,12H,10H2,1-3H3. The molecular weight excluding hydrogens is 220 g/mol. The van der Waals surface area contributed by atoms with Gasteiger partial charge in [-0.25, -0.2) is 5.43 Å². The molecule has 0 saturated carbocycles. The van der Waals surface area contributed by atoms with Gasteiger partial charge in [0.15, 0.2) is 6.29 Å². The summed E-state index contributed by atoms with van der Waals surface area (Å²) in [6.07, 6.45) is 1.02. The zero-order chi connectivity index (χ0) is 11.4. The lowest BCUT2D eigenvalue weighted by atomic mass is 10.2. The van der Waals surface area contributed by atoms with E-state index in [1.165, 1.54) is 14.2 Å². The van der Waals surface area contributed by atoms with Gasteiger partial charge >= 0.3 is 0 Å². The van der Waals surface area contributed by atoms with Crippen LogP contribution in [0.2, 0.25) is 5.02 Å². The molecule has 1 atom stereocenters. The van der Waals surface area contributed by atoms with Crippen LogP contribution in [0.4, 0.5) is 0 Å². The van der Waals surface area contributed by atoms with E-state index in [2.05, 4.69) is 10.5 Å². The maximum absolute atomic E-state index is 5.99. The number of halogens is 1. The Kier molecular flexibility index (Phi) is 4.49. The van der Waals surface area contributed by atoms with Crippen molar-refractivity contribution in [1.29, 1.82) is 0 Å². The van der Waals surface area contributed by atoms with Gasteiger partial charge in [0.05, 0.1) is 16.9 Å². The third kappa shape index (κ3) is 2.47. The van der Waals surface area contributed by atoms with Crippen molar-refractivity contribution in [1.82, 2.24) is 15.2 Å². The number of ether oxygens (including phenoxy) is 2. The number of aryl methyl sites for hydroxylation is 1. The summed E-state index contributed by atoms with van der Waals surface area (Å²) < 4.78 is 11.9. The molecule has 0 aliphatic heterocycles. The molecule has 1 unspecified atom stereocenters. The SMILES string of the molecule is COC(OC)C(NN)c1c(Cl)cnn1C. The van der Waals surface area contributed by atoms with E-state index in [0.29, 0.717) is 10.7 Å². The molecule has 1 rings (SSSR count). The lowest BCUT2D eigenvalue weighted by Crippen LogP contribution is -2.39. The Labute approximate surface area is 93.3 Å². The van der Waals surface area contributed by atoms with E-state index >= 15 is 0 Å². The van der Waals surface area contributed by atoms with Crippen LogP contribution >= 0.6 is 11.6 Å². The van der Waals surface area contributed by atoms with Crippen molar-refractivity contribution < 1.29 is 9.47 Å². The maximum Gasteiger partial charge on any atom is 0.179 e. The molecular formula is C8H15ClN4O2. The highest BCUT2D eigenvalue weighted by Gasteiger charge is 2.26. The van der Waals surface area contributed by atoms with Crippen molar-refractivity contribution in [2.24, 2.45) is 12.9 Å². The summed E-state index contributed by atoms with van der Waals surface area (Å²) in [6, 6.07) is -0.375. The van der Waals surface area contributed by atoms with Crippen molar-refractivity contribution in [3.8, 4) is 0 Å². The number of methoxy groups -OCH3 is 2. The second-order valence-corrected chi connectivity index (χ2v) is 3.39. The number of hydrogen-bond donors (Lipinski definition) is 2. The fraction of sp³-hybridized carbons (Fsp3) is 0.625. The van der Waals surface area contributed by atoms with E-state index in [0.717, 1.165) is 0 Å². The minimum Gasteiger partial charge on any atom is -0.354 e. The van der Waals surface area contributed by atoms with Crippen LogP contribution in [0, 0.1) is 0 Å². The highest BCUT2D eigenvalue weighted by atomic mass is 35.5. The fourth-order valence-electron chi connectivity index (χ4n) is 1.42. The van der Waals surface area contributed by atoms with E-state index in [-0.39, 0.29) is 6.04 Å². The first-order valence-electron chi connectivity index (χ1n) is 4.34. The lowest BCUT2D eigenvalue weighted by Gasteiger charge is -2.24. The number of hydrazine groups is 1. The summed E-state index contributed by atoms with van der Waals surface area (Å²) >= 11 is 5.99. The minimum absolute atomic E-state index is 0.375. The van der Waals surface area contributed by atoms with Gasteiger partial charge in [-0.2, -0.15) is 5.10 Å². The quantitative estimate of drug-likeness (QED) is 0.433. The second kappa shape index (κ2) is 5.43. The van der Waals surface area contributed by atoms with E-state index in [1.54, 1.807) is 17.9 Å². The number of nitrogens with one attached hydrogen (secondary N) is 1. The molecule has 0 bridgehead atoms. The number of hydrogen-bond acceptors (Lipinski definition) is 5. The first-order valence-corrected chi connectivity index (χ1v) is 4.72. The Morgan fingerprint density at radius 2 is 2.13 bits per heavy atom. The van der Waals surface area contributed by atoms with Crippen LogP contribution in [0.5, 0.6) is 0 Å². The normalized spacial score (nSPS) is 13.5. The molecule has 0 aliphatic rings. The monoisotopic (exact) mass is 234 g/mol. The number of nitrogens with zero attached hydrogens (tertiary/aromatic N) is 2. The van der Waals surface area contributed by atoms with E-state index in [4.69, 9.17) is 26.9 Å². The smallest absolute Gasteiger partial charge is 0.179 e. The number of rotatable bonds is 5. The van der Waals surface area contributed by atoms with Gasteiger partial charge in [0, 0.05) is 21.3 Å². The van der Waals surface area contributed by atoms with Crippen molar-refractivity contribution in [3.63, 3.8) is 0 Å². The molecule has 0 fully saturated rings. The van der Waals surface area contributed by atoms with Gasteiger partial charge < -0.3 is 9.47 Å². The van der Waals surface area contributed by atoms with Gasteiger partial charge in [-0.05, 0) is 0 Å². The molecule has 1 heterocycles. The van der Waals surface area contributed by atoms with Crippen LogP contribution in [0.1, 0.15) is 11.7 Å². The molecule has 6 nitrogen and oxygen atoms in total. The Hall–Kier alpha value is -0.660. The topological polar surface area (TPSA) is 74.3 Å². The zero-order valence-electron chi connectivity index (χ0n) is 8.90. The molecule has 0 radical (unpaired) electrons. The number of nitrogens with two attached hydrogens (primary N) is 1. The van der Waals surface area contributed by atoms with Crippen LogP contribution in [0.25, 0.3) is 0 Å². The summed E-state index contributed by atoms with van der Waals surface area (Å²) in [5.74, 6) is 5.44. The number of aromatic nitrogens is 2. The lowest BCUT2D eigenvalue weighted by molar-refractivity contribution is -0.125. The largest absolute Gasteiger partial charge is 0.354 e. The predicted octanol–water partition coefficient (Wildman–Crippen LogP) is 0.197. The van der Waals surface area contributed by atoms with E-state index in [1.807, 2.05) is 0 Å². The highest BCUT2D eigenvalue weighted by Crippen LogP contribution is 2.25. The minimum atomic E-state index is -0.525. The molecule has 1 aromatic heterocycles. The summed E-state index contributed by atoms with van der Waals surface area (Å²) in [5.41, 5.74) is 3.31. The van der Waals surface area contributed by atoms with Crippen LogP contribution in [-0.4, -0.2) is 30.3 Å². The summed E-state index contributed by atoms with van der Waals surface area (Å²) in [7, 11) is 4.83. The van der Waals surface area contributed by atoms with Gasteiger partial charge in [-0.1, -0.05) is 11.6 Å². The molecule has 0 amide bonds. The molecule has 1 aromatic rings. The van der Waals surface area contributed by atoms with Crippen molar-refractivity contribution in [2.75, 3.05) is 14.2 Å². The Morgan fingerprint density at radius 1 is 1.53 bits per heavy atom. The zero-order valence-corrected chi connectivity index (χ0v) is 9.65. The van der Waals surface area contributed by atoms with Crippen LogP contribution in [0.15, 0.2) is 6.20 Å². The van der Waals surface area contributed by atoms with E-state index < -0.39 is 6.29 Å². The van der Waals surface area contributed by atoms with Gasteiger partial charge in [0.25, 0.3) is 0 Å². The Morgan fingerprint density at radius 3 is 2.47 bits per heavy atom. The first-order chi connectivity index (χ1) is 7.15. The Balaban J connectivity index is 3.01. The highest BCUT2D eigenvalue weighted by molar-refractivity contribution is 6.31. The molecule has 15 heavy (non-hydrogen) atoms. The third-order valence-corrected chi connectivity index (χ3v) is 2.44. The third-order valence-electron chi connectivity index (χ3n) is 2.15. The van der Waals surface area contributed by atoms with Crippen molar-refractivity contribution >= 4 is 11.6 Å². The van der Waals surface area contributed by atoms with Crippen LogP contribution in [0.3, 0.4) is 0 Å². The summed E-state index contributed by atoms with van der Waals surface area (Å²) in [6.45, 7) is 0. The molecule has 0 saturated heterocycles. The van der Waals surface area contributed by atoms with Crippen molar-refractivity contribution in [3.05, 3.63) is 16.9 Å². The van der Waals surface area contributed by atoms with E-state index in [9.17, 15) is 0 Å². The van der Waals surface area contributed by atoms with Crippen LogP contribution < -0.4 is 11.3 Å². The molecule has 7 heteroatoms. The maximum atomic E-state index is 5.99. The molecule has 0 spiro atoms. The average molecular weight is 235 g/mol. The molecule has 0 aliphatic carbocycles. The molecule has 86 valence electrons. The fourth-order valence-corrected chi connectivity index (χ4v) is 1.71. The van der Waals surface area contributed by atoms with Crippen LogP contribution in [-0.2, 0) is 16.5 Å². The summed E-state index contributed by atoms with van der Waals surface area (Å²) in [5, 5.41) is 4.53. The van der Waals surface area contributed by atoms with Gasteiger partial charge in [-0.15, -0.1) is 0 Å². The van der Waals surface area contributed by atoms with Crippen molar-refractivity contribution in [2.45, 2.75) is 12.3 Å². The van der Waals surface area contributed by atoms with Gasteiger partial charge in [0.2, 0.25) is 0 Å².